The van der Waals surface area contributed by atoms with Gasteiger partial charge in [0.1, 0.15) is 0 Å². The summed E-state index contributed by atoms with van der Waals surface area (Å²) >= 11 is 0. The molecule has 0 saturated carbocycles. The Labute approximate surface area is 177 Å². The first kappa shape index (κ1) is 24.0. The topological polar surface area (TPSA) is 136 Å². The number of nitrogens with one attached hydrogen (secondary N) is 2. The highest BCUT2D eigenvalue weighted by atomic mass is 32.3. The molecule has 0 spiro atoms. The summed E-state index contributed by atoms with van der Waals surface area (Å²) in [4.78, 5) is 26.7. The number of piperidine rings is 1. The highest BCUT2D eigenvalue weighted by Crippen LogP contribution is 2.27. The number of anilines is 1. The molecule has 166 valence electrons. The van der Waals surface area contributed by atoms with Crippen LogP contribution in [0.1, 0.15) is 38.2 Å². The van der Waals surface area contributed by atoms with E-state index in [1.165, 1.54) is 5.56 Å². The minimum Gasteiger partial charge on any atom is -0.349 e. The van der Waals surface area contributed by atoms with Gasteiger partial charge in [-0.05, 0) is 43.9 Å². The van der Waals surface area contributed by atoms with E-state index in [0.717, 1.165) is 50.9 Å². The molecule has 0 aromatic heterocycles. The van der Waals surface area contributed by atoms with E-state index in [2.05, 4.69) is 16.7 Å². The molecular weight excluding hydrogens is 410 g/mol. The third-order valence-corrected chi connectivity index (χ3v) is 5.02. The van der Waals surface area contributed by atoms with E-state index in [1.54, 1.807) is 6.08 Å². The number of carbonyl (C=O) groups is 2. The van der Waals surface area contributed by atoms with Crippen LogP contribution in [0.15, 0.2) is 36.4 Å². The summed E-state index contributed by atoms with van der Waals surface area (Å²) in [6.45, 7) is 3.63. The predicted molar refractivity (Wildman–Crippen MR) is 114 cm³/mol. The third kappa shape index (κ3) is 7.86. The van der Waals surface area contributed by atoms with Gasteiger partial charge in [0.05, 0.1) is 6.04 Å². The fourth-order valence-electron chi connectivity index (χ4n) is 3.50. The zero-order valence-corrected chi connectivity index (χ0v) is 17.8. The van der Waals surface area contributed by atoms with E-state index >= 15 is 0 Å². The number of carbonyl (C=O) groups excluding carboxylic acids is 2. The molecule has 1 saturated heterocycles. The zero-order valence-electron chi connectivity index (χ0n) is 17.0. The Morgan fingerprint density at radius 2 is 2.00 bits per heavy atom. The minimum atomic E-state index is -4.67. The molecule has 0 unspecified atom stereocenters. The summed E-state index contributed by atoms with van der Waals surface area (Å²) in [6, 6.07) is 7.81. The summed E-state index contributed by atoms with van der Waals surface area (Å²) < 4.78 is 31.6. The van der Waals surface area contributed by atoms with Crippen LogP contribution >= 0.6 is 0 Å². The van der Waals surface area contributed by atoms with Crippen LogP contribution in [0.25, 0.3) is 0 Å². The van der Waals surface area contributed by atoms with E-state index < -0.39 is 10.4 Å². The number of amides is 2. The van der Waals surface area contributed by atoms with Gasteiger partial charge in [-0.25, -0.2) is 0 Å². The van der Waals surface area contributed by atoms with Crippen LogP contribution < -0.4 is 15.5 Å². The highest BCUT2D eigenvalue weighted by Gasteiger charge is 2.24. The van der Waals surface area contributed by atoms with Crippen molar-refractivity contribution in [1.29, 1.82) is 0 Å². The highest BCUT2D eigenvalue weighted by molar-refractivity contribution is 7.79. The second-order valence-corrected chi connectivity index (χ2v) is 8.10. The molecule has 2 atom stereocenters. The molecule has 1 aromatic carbocycles. The number of nitrogens with zero attached hydrogens (tertiary/aromatic N) is 1. The van der Waals surface area contributed by atoms with Crippen molar-refractivity contribution in [2.24, 2.45) is 0 Å². The average molecular weight is 440 g/mol. The number of benzene rings is 1. The van der Waals surface area contributed by atoms with E-state index in [1.807, 2.05) is 36.1 Å². The summed E-state index contributed by atoms with van der Waals surface area (Å²) in [5.41, 5.74) is 2.22. The summed E-state index contributed by atoms with van der Waals surface area (Å²) in [5.74, 6) is 0.0172. The lowest BCUT2D eigenvalue weighted by molar-refractivity contribution is -0.124. The third-order valence-electron chi connectivity index (χ3n) is 5.02. The van der Waals surface area contributed by atoms with Gasteiger partial charge in [-0.1, -0.05) is 37.6 Å². The lowest BCUT2D eigenvalue weighted by Gasteiger charge is -2.24. The molecule has 0 bridgehead atoms. The van der Waals surface area contributed by atoms with Gasteiger partial charge in [-0.2, -0.15) is 8.42 Å². The molecule has 0 radical (unpaired) electrons. The number of rotatable bonds is 5. The summed E-state index contributed by atoms with van der Waals surface area (Å²) in [7, 11) is -4.67. The van der Waals surface area contributed by atoms with E-state index in [9.17, 15) is 9.59 Å². The average Bonchev–Trinajstić information content (AvgIpc) is 3.14. The van der Waals surface area contributed by atoms with E-state index in [0.29, 0.717) is 0 Å². The Bertz CT molecular complexity index is 857. The van der Waals surface area contributed by atoms with Gasteiger partial charge in [0.25, 0.3) is 5.91 Å². The Hall–Kier alpha value is -2.27. The summed E-state index contributed by atoms with van der Waals surface area (Å²) in [5, 5.41) is 6.30. The smallest absolute Gasteiger partial charge is 0.349 e. The lowest BCUT2D eigenvalue weighted by Crippen LogP contribution is -2.49. The quantitative estimate of drug-likeness (QED) is 0.403. The second-order valence-electron chi connectivity index (χ2n) is 7.20. The van der Waals surface area contributed by atoms with Gasteiger partial charge in [0, 0.05) is 24.4 Å². The molecule has 2 aliphatic rings. The zero-order chi connectivity index (χ0) is 22.1. The number of para-hydroxylation sites is 1. The van der Waals surface area contributed by atoms with Crippen molar-refractivity contribution in [3.63, 3.8) is 0 Å². The second kappa shape index (κ2) is 11.2. The Balaban J connectivity index is 0.000000575. The minimum absolute atomic E-state index is 0.0200. The molecule has 10 heteroatoms. The van der Waals surface area contributed by atoms with Gasteiger partial charge in [-0.3, -0.25) is 18.7 Å². The van der Waals surface area contributed by atoms with E-state index in [4.69, 9.17) is 17.5 Å². The molecule has 30 heavy (non-hydrogen) atoms. The van der Waals surface area contributed by atoms with Crippen molar-refractivity contribution in [3.8, 4) is 0 Å². The van der Waals surface area contributed by atoms with Crippen molar-refractivity contribution in [2.45, 2.75) is 51.1 Å². The normalized spacial score (nSPS) is 19.6. The fraction of sp³-hybridized carbons (Fsp3) is 0.500. The molecule has 1 aromatic rings. The van der Waals surface area contributed by atoms with Gasteiger partial charge in [0.15, 0.2) is 0 Å². The van der Waals surface area contributed by atoms with Crippen LogP contribution in [0, 0.1) is 0 Å². The van der Waals surface area contributed by atoms with Gasteiger partial charge >= 0.3 is 10.4 Å². The van der Waals surface area contributed by atoms with E-state index in [-0.39, 0.29) is 23.9 Å². The van der Waals surface area contributed by atoms with Crippen LogP contribution in [-0.4, -0.2) is 54.5 Å². The molecule has 2 aliphatic heterocycles. The Morgan fingerprint density at radius 3 is 2.63 bits per heavy atom. The molecule has 0 aliphatic carbocycles. The number of hydrogen-bond donors (Lipinski definition) is 4. The lowest BCUT2D eigenvalue weighted by atomic mass is 10.0. The van der Waals surface area contributed by atoms with Crippen LogP contribution in [0.5, 0.6) is 0 Å². The Kier molecular flexibility index (Phi) is 8.97. The molecule has 2 amide bonds. The first-order valence-electron chi connectivity index (χ1n) is 10.00. The molecule has 3 rings (SSSR count). The maximum absolute atomic E-state index is 12.5. The van der Waals surface area contributed by atoms with Crippen molar-refractivity contribution < 1.29 is 27.1 Å². The van der Waals surface area contributed by atoms with Gasteiger partial charge in [-0.15, -0.1) is 0 Å². The van der Waals surface area contributed by atoms with Crippen LogP contribution in [-0.2, 0) is 26.4 Å². The predicted octanol–water partition coefficient (Wildman–Crippen LogP) is 1.52. The summed E-state index contributed by atoms with van der Waals surface area (Å²) in [6.07, 6.45) is 8.19. The maximum Gasteiger partial charge on any atom is 0.394 e. The molecule has 2 heterocycles. The largest absolute Gasteiger partial charge is 0.394 e. The van der Waals surface area contributed by atoms with Gasteiger partial charge < -0.3 is 15.5 Å². The van der Waals surface area contributed by atoms with Gasteiger partial charge in [0.2, 0.25) is 5.91 Å². The monoisotopic (exact) mass is 439 g/mol. The van der Waals surface area contributed by atoms with Crippen LogP contribution in [0.4, 0.5) is 5.69 Å². The maximum atomic E-state index is 12.5. The molecule has 4 N–H and O–H groups in total. The first-order chi connectivity index (χ1) is 14.2. The Morgan fingerprint density at radius 1 is 1.30 bits per heavy atom. The van der Waals surface area contributed by atoms with Crippen molar-refractivity contribution in [3.05, 3.63) is 42.0 Å². The van der Waals surface area contributed by atoms with Crippen molar-refractivity contribution >= 4 is 27.9 Å². The molecule has 1 fully saturated rings. The number of hydrogen-bond acceptors (Lipinski definition) is 5. The fourth-order valence-corrected chi connectivity index (χ4v) is 3.50. The SMILES string of the molecule is CC[C@@H](C=CC(=O)N1CCc2ccccc21)NC(=O)[C@@H]1CCCCN1.O=S(=O)(O)O. The molecule has 9 nitrogen and oxygen atoms in total. The number of fused-ring (bicyclic) bond motifs is 1. The molecular formula is C20H29N3O6S. The van der Waals surface area contributed by atoms with Crippen LogP contribution in [0.3, 0.4) is 0 Å². The standard InChI is InChI=1S/C20H27N3O2.H2O4S/c1-2-16(22-20(25)17-8-5-6-13-21-17)10-11-19(24)23-14-12-15-7-3-4-9-18(15)23;1-5(2,3)4/h3-4,7,9-11,16-17,21H,2,5-6,8,12-14H2,1H3,(H,22,25);(H2,1,2,3,4)/t16-,17-;/m0./s1. The van der Waals surface area contributed by atoms with Crippen molar-refractivity contribution in [2.75, 3.05) is 18.0 Å². The first-order valence-corrected chi connectivity index (χ1v) is 11.4. The van der Waals surface area contributed by atoms with Crippen LogP contribution in [0.2, 0.25) is 0 Å². The van der Waals surface area contributed by atoms with Crippen molar-refractivity contribution in [1.82, 2.24) is 10.6 Å².